The number of benzene rings is 1. The summed E-state index contributed by atoms with van der Waals surface area (Å²) in [6.07, 6.45) is 5.67. The number of hydrogen-bond donors (Lipinski definition) is 1. The SMILES string of the molecule is CC(C)(C)c1cc(NC(=O)Cc2coc3cc4c(cc23)CCC4)n([C@H]2CCS(=O)(=O)C2)n1. The summed E-state index contributed by atoms with van der Waals surface area (Å²) in [5, 5.41) is 8.67. The zero-order chi connectivity index (χ0) is 22.7. The molecule has 3 heterocycles. The molecular weight excluding hydrogens is 426 g/mol. The molecule has 2 aromatic heterocycles. The first-order valence-corrected chi connectivity index (χ1v) is 13.0. The lowest BCUT2D eigenvalue weighted by molar-refractivity contribution is -0.115. The third-order valence-electron chi connectivity index (χ3n) is 6.55. The Kier molecular flexibility index (Phi) is 4.96. The zero-order valence-corrected chi connectivity index (χ0v) is 19.6. The molecule has 1 aromatic carbocycles. The minimum Gasteiger partial charge on any atom is -0.464 e. The number of carbonyl (C=O) groups is 1. The third kappa shape index (κ3) is 3.96. The Labute approximate surface area is 188 Å². The van der Waals surface area contributed by atoms with Gasteiger partial charge in [-0.05, 0) is 48.9 Å². The van der Waals surface area contributed by atoms with Crippen LogP contribution in [0.2, 0.25) is 0 Å². The summed E-state index contributed by atoms with van der Waals surface area (Å²) in [6, 6.07) is 5.87. The molecule has 32 heavy (non-hydrogen) atoms. The maximum atomic E-state index is 13.0. The molecule has 3 aromatic rings. The van der Waals surface area contributed by atoms with Crippen molar-refractivity contribution in [3.8, 4) is 0 Å². The number of nitrogens with zero attached hydrogens (tertiary/aromatic N) is 2. The van der Waals surface area contributed by atoms with Crippen LogP contribution in [0.5, 0.6) is 0 Å². The lowest BCUT2D eigenvalue weighted by Gasteiger charge is -2.15. The normalized spacial score (nSPS) is 20.0. The van der Waals surface area contributed by atoms with Crippen LogP contribution in [-0.4, -0.2) is 35.6 Å². The van der Waals surface area contributed by atoms with Crippen molar-refractivity contribution in [2.45, 2.75) is 64.3 Å². The van der Waals surface area contributed by atoms with Gasteiger partial charge in [0.15, 0.2) is 9.84 Å². The molecule has 1 atom stereocenters. The van der Waals surface area contributed by atoms with E-state index >= 15 is 0 Å². The Bertz CT molecular complexity index is 1310. The van der Waals surface area contributed by atoms with Gasteiger partial charge in [-0.15, -0.1) is 0 Å². The Hall–Kier alpha value is -2.61. The number of aryl methyl sites for hydroxylation is 2. The first kappa shape index (κ1) is 21.2. The number of furan rings is 1. The van der Waals surface area contributed by atoms with Gasteiger partial charge in [-0.1, -0.05) is 20.8 Å². The molecule has 8 heteroatoms. The number of fused-ring (bicyclic) bond motifs is 2. The van der Waals surface area contributed by atoms with Gasteiger partial charge >= 0.3 is 0 Å². The van der Waals surface area contributed by atoms with E-state index in [-0.39, 0.29) is 35.3 Å². The van der Waals surface area contributed by atoms with Crippen molar-refractivity contribution in [3.63, 3.8) is 0 Å². The second-order valence-electron chi connectivity index (χ2n) is 10.1. The van der Waals surface area contributed by atoms with E-state index in [0.717, 1.165) is 41.5 Å². The van der Waals surface area contributed by atoms with E-state index in [9.17, 15) is 13.2 Å². The van der Waals surface area contributed by atoms with E-state index in [2.05, 4.69) is 22.5 Å². The van der Waals surface area contributed by atoms with Crippen LogP contribution < -0.4 is 5.32 Å². The third-order valence-corrected chi connectivity index (χ3v) is 8.30. The molecule has 170 valence electrons. The standard InChI is InChI=1S/C24H29N3O4S/c1-24(2,3)21-12-22(27(26-21)18-7-8-32(29,30)14-18)25-23(28)11-17-13-31-20-10-16-6-4-5-15(16)9-19(17)20/h9-10,12-13,18H,4-8,11,14H2,1-3H3,(H,25,28)/t18-/m0/s1. The molecule has 0 bridgehead atoms. The number of amides is 1. The van der Waals surface area contributed by atoms with Crippen LogP contribution in [0.25, 0.3) is 11.0 Å². The number of nitrogens with one attached hydrogen (secondary N) is 1. The minimum absolute atomic E-state index is 0.0542. The summed E-state index contributed by atoms with van der Waals surface area (Å²) < 4.78 is 31.5. The Balaban J connectivity index is 1.40. The van der Waals surface area contributed by atoms with Gasteiger partial charge in [0.2, 0.25) is 5.91 Å². The molecule has 1 aliphatic heterocycles. The predicted molar refractivity (Wildman–Crippen MR) is 124 cm³/mol. The summed E-state index contributed by atoms with van der Waals surface area (Å²) in [5.41, 5.74) is 4.97. The van der Waals surface area contributed by atoms with Crippen LogP contribution in [0.3, 0.4) is 0 Å². The minimum atomic E-state index is -3.07. The van der Waals surface area contributed by atoms with E-state index < -0.39 is 9.84 Å². The molecular formula is C24H29N3O4S. The van der Waals surface area contributed by atoms with Crippen molar-refractivity contribution < 1.29 is 17.6 Å². The van der Waals surface area contributed by atoms with Crippen molar-refractivity contribution in [2.24, 2.45) is 0 Å². The molecule has 0 spiro atoms. The average Bonchev–Trinajstić information content (AvgIpc) is 3.46. The van der Waals surface area contributed by atoms with Crippen LogP contribution in [-0.2, 0) is 39.3 Å². The summed E-state index contributed by atoms with van der Waals surface area (Å²) in [5.74, 6) is 0.589. The Morgan fingerprint density at radius 1 is 1.22 bits per heavy atom. The highest BCUT2D eigenvalue weighted by Gasteiger charge is 2.33. The second-order valence-corrected chi connectivity index (χ2v) is 12.4. The summed E-state index contributed by atoms with van der Waals surface area (Å²) >= 11 is 0. The summed E-state index contributed by atoms with van der Waals surface area (Å²) in [4.78, 5) is 13.0. The molecule has 2 aliphatic rings. The van der Waals surface area contributed by atoms with Crippen molar-refractivity contribution in [1.29, 1.82) is 0 Å². The smallest absolute Gasteiger partial charge is 0.230 e. The van der Waals surface area contributed by atoms with E-state index in [1.807, 2.05) is 26.8 Å². The Morgan fingerprint density at radius 2 is 1.97 bits per heavy atom. The largest absolute Gasteiger partial charge is 0.464 e. The number of hydrogen-bond acceptors (Lipinski definition) is 5. The molecule has 1 fully saturated rings. The van der Waals surface area contributed by atoms with Gasteiger partial charge in [0.25, 0.3) is 0 Å². The average molecular weight is 456 g/mol. The lowest BCUT2D eigenvalue weighted by Crippen LogP contribution is -2.21. The van der Waals surface area contributed by atoms with Crippen LogP contribution in [0.1, 0.15) is 62.0 Å². The van der Waals surface area contributed by atoms with Crippen LogP contribution in [0, 0.1) is 0 Å². The first-order chi connectivity index (χ1) is 15.1. The highest BCUT2D eigenvalue weighted by atomic mass is 32.2. The number of rotatable bonds is 4. The van der Waals surface area contributed by atoms with Gasteiger partial charge < -0.3 is 9.73 Å². The predicted octanol–water partition coefficient (Wildman–Crippen LogP) is 3.96. The highest BCUT2D eigenvalue weighted by molar-refractivity contribution is 7.91. The molecule has 1 saturated heterocycles. The number of anilines is 1. The fraction of sp³-hybridized carbons (Fsp3) is 0.500. The van der Waals surface area contributed by atoms with Crippen molar-refractivity contribution >= 4 is 32.5 Å². The van der Waals surface area contributed by atoms with Gasteiger partial charge in [-0.3, -0.25) is 4.79 Å². The van der Waals surface area contributed by atoms with Crippen molar-refractivity contribution in [1.82, 2.24) is 9.78 Å². The van der Waals surface area contributed by atoms with E-state index in [1.165, 1.54) is 11.1 Å². The maximum Gasteiger partial charge on any atom is 0.230 e. The fourth-order valence-corrected chi connectivity index (χ4v) is 6.44. The Morgan fingerprint density at radius 3 is 2.66 bits per heavy atom. The van der Waals surface area contributed by atoms with Gasteiger partial charge in [-0.25, -0.2) is 13.1 Å². The second kappa shape index (κ2) is 7.47. The zero-order valence-electron chi connectivity index (χ0n) is 18.8. The molecule has 1 N–H and O–H groups in total. The first-order valence-electron chi connectivity index (χ1n) is 11.2. The van der Waals surface area contributed by atoms with E-state index in [0.29, 0.717) is 12.2 Å². The van der Waals surface area contributed by atoms with E-state index in [4.69, 9.17) is 4.42 Å². The number of carbonyl (C=O) groups excluding carboxylic acids is 1. The maximum absolute atomic E-state index is 13.0. The van der Waals surface area contributed by atoms with Gasteiger partial charge in [0, 0.05) is 22.4 Å². The van der Waals surface area contributed by atoms with Gasteiger partial charge in [0.1, 0.15) is 11.4 Å². The molecule has 0 radical (unpaired) electrons. The number of sulfone groups is 1. The highest BCUT2D eigenvalue weighted by Crippen LogP contribution is 2.32. The topological polar surface area (TPSA) is 94.2 Å². The fourth-order valence-electron chi connectivity index (χ4n) is 4.75. The number of aromatic nitrogens is 2. The van der Waals surface area contributed by atoms with Crippen LogP contribution >= 0.6 is 0 Å². The molecule has 7 nitrogen and oxygen atoms in total. The van der Waals surface area contributed by atoms with Crippen molar-refractivity contribution in [3.05, 3.63) is 46.8 Å². The van der Waals surface area contributed by atoms with Gasteiger partial charge in [-0.2, -0.15) is 5.10 Å². The summed E-state index contributed by atoms with van der Waals surface area (Å²) in [7, 11) is -3.07. The van der Waals surface area contributed by atoms with Gasteiger partial charge in [0.05, 0.1) is 35.9 Å². The van der Waals surface area contributed by atoms with Crippen LogP contribution in [0.4, 0.5) is 5.82 Å². The quantitative estimate of drug-likeness (QED) is 0.643. The molecule has 5 rings (SSSR count). The molecule has 1 amide bonds. The molecule has 0 unspecified atom stereocenters. The lowest BCUT2D eigenvalue weighted by atomic mass is 9.92. The molecule has 1 aliphatic carbocycles. The van der Waals surface area contributed by atoms with E-state index in [1.54, 1.807) is 10.9 Å². The van der Waals surface area contributed by atoms with Crippen LogP contribution in [0.15, 0.2) is 28.9 Å². The monoisotopic (exact) mass is 455 g/mol. The van der Waals surface area contributed by atoms with Crippen molar-refractivity contribution in [2.75, 3.05) is 16.8 Å². The summed E-state index contributed by atoms with van der Waals surface area (Å²) in [6.45, 7) is 6.15. The molecule has 0 saturated carbocycles.